The lowest BCUT2D eigenvalue weighted by Crippen LogP contribution is -2.39. The number of hydrogen-bond acceptors (Lipinski definition) is 4. The lowest BCUT2D eigenvalue weighted by molar-refractivity contribution is -0.134. The van der Waals surface area contributed by atoms with Crippen molar-refractivity contribution in [2.45, 2.75) is 18.8 Å². The molecule has 1 aromatic heterocycles. The van der Waals surface area contributed by atoms with Crippen molar-refractivity contribution in [3.05, 3.63) is 77.4 Å². The summed E-state index contributed by atoms with van der Waals surface area (Å²) in [4.78, 5) is 27.9. The van der Waals surface area contributed by atoms with E-state index in [0.717, 1.165) is 28.2 Å². The van der Waals surface area contributed by atoms with E-state index >= 15 is 0 Å². The van der Waals surface area contributed by atoms with E-state index in [1.54, 1.807) is 6.20 Å². The zero-order valence-corrected chi connectivity index (χ0v) is 15.7. The van der Waals surface area contributed by atoms with E-state index in [4.69, 9.17) is 11.6 Å². The highest BCUT2D eigenvalue weighted by atomic mass is 35.5. The van der Waals surface area contributed by atoms with E-state index < -0.39 is 5.92 Å². The maximum absolute atomic E-state index is 12.2. The summed E-state index contributed by atoms with van der Waals surface area (Å²) < 4.78 is 0. The molecule has 2 heterocycles. The van der Waals surface area contributed by atoms with Crippen molar-refractivity contribution in [1.29, 1.82) is 0 Å². The van der Waals surface area contributed by atoms with Crippen LogP contribution in [0.25, 0.3) is 11.1 Å². The summed E-state index contributed by atoms with van der Waals surface area (Å²) in [5.74, 6) is -0.155. The van der Waals surface area contributed by atoms with Crippen molar-refractivity contribution < 1.29 is 9.59 Å². The Morgan fingerprint density at radius 1 is 1.00 bits per heavy atom. The number of halogens is 1. The Kier molecular flexibility index (Phi) is 5.08. The summed E-state index contributed by atoms with van der Waals surface area (Å²) in [6, 6.07) is 19.2. The Morgan fingerprint density at radius 3 is 2.54 bits per heavy atom. The van der Waals surface area contributed by atoms with Crippen molar-refractivity contribution in [3.63, 3.8) is 0 Å². The third-order valence-electron chi connectivity index (χ3n) is 4.78. The summed E-state index contributed by atoms with van der Waals surface area (Å²) >= 11 is 6.66. The minimum Gasteiger partial charge on any atom is -0.340 e. The maximum atomic E-state index is 12.2. The van der Waals surface area contributed by atoms with Gasteiger partial charge >= 0.3 is 0 Å². The molecule has 3 aromatic rings. The van der Waals surface area contributed by atoms with Crippen LogP contribution in [0.1, 0.15) is 24.3 Å². The van der Waals surface area contributed by atoms with Crippen molar-refractivity contribution >= 4 is 34.9 Å². The molecular formula is C22H18ClN3O2. The molecule has 5 nitrogen and oxygen atoms in total. The van der Waals surface area contributed by atoms with E-state index in [9.17, 15) is 9.59 Å². The Morgan fingerprint density at radius 2 is 1.82 bits per heavy atom. The minimum absolute atomic E-state index is 0.232. The van der Waals surface area contributed by atoms with Crippen LogP contribution in [0.4, 0.5) is 11.5 Å². The number of carbonyl (C=O) groups excluding carboxylic acids is 2. The van der Waals surface area contributed by atoms with Crippen LogP contribution < -0.4 is 10.6 Å². The molecule has 0 aliphatic carbocycles. The molecule has 0 radical (unpaired) electrons. The van der Waals surface area contributed by atoms with Gasteiger partial charge in [0.2, 0.25) is 11.8 Å². The number of pyridine rings is 1. The molecule has 2 amide bonds. The SMILES string of the molecule is O=C1CCC(c2cccc(-c3ccc(Nc4ccccn4)cc3)c2Cl)C(=O)N1. The Labute approximate surface area is 167 Å². The van der Waals surface area contributed by atoms with Gasteiger partial charge in [0.25, 0.3) is 0 Å². The average molecular weight is 392 g/mol. The molecule has 1 aliphatic heterocycles. The molecule has 1 unspecified atom stereocenters. The molecule has 140 valence electrons. The van der Waals surface area contributed by atoms with Gasteiger partial charge in [0, 0.05) is 23.9 Å². The molecule has 0 spiro atoms. The van der Waals surface area contributed by atoms with Gasteiger partial charge in [-0.3, -0.25) is 14.9 Å². The van der Waals surface area contributed by atoms with Gasteiger partial charge in [-0.2, -0.15) is 0 Å². The number of imide groups is 1. The Hall–Kier alpha value is -3.18. The van der Waals surface area contributed by atoms with Crippen LogP contribution in [0, 0.1) is 0 Å². The molecule has 28 heavy (non-hydrogen) atoms. The molecule has 1 atom stereocenters. The van der Waals surface area contributed by atoms with Crippen molar-refractivity contribution in [3.8, 4) is 11.1 Å². The highest BCUT2D eigenvalue weighted by molar-refractivity contribution is 6.34. The third kappa shape index (κ3) is 3.75. The summed E-state index contributed by atoms with van der Waals surface area (Å²) in [6.07, 6.45) is 2.53. The largest absolute Gasteiger partial charge is 0.340 e. The van der Waals surface area contributed by atoms with Crippen LogP contribution in [0.5, 0.6) is 0 Å². The second-order valence-electron chi connectivity index (χ2n) is 6.63. The van der Waals surface area contributed by atoms with Crippen molar-refractivity contribution in [2.75, 3.05) is 5.32 Å². The number of nitrogens with zero attached hydrogens (tertiary/aromatic N) is 1. The number of piperidine rings is 1. The molecule has 6 heteroatoms. The van der Waals surface area contributed by atoms with E-state index in [0.29, 0.717) is 17.9 Å². The zero-order chi connectivity index (χ0) is 19.5. The highest BCUT2D eigenvalue weighted by Crippen LogP contribution is 2.37. The van der Waals surface area contributed by atoms with Crippen LogP contribution in [-0.4, -0.2) is 16.8 Å². The van der Waals surface area contributed by atoms with Gasteiger partial charge in [0.15, 0.2) is 0 Å². The second-order valence-corrected chi connectivity index (χ2v) is 7.01. The number of benzene rings is 2. The first-order chi connectivity index (χ1) is 13.6. The molecule has 1 fully saturated rings. The Balaban J connectivity index is 1.59. The van der Waals surface area contributed by atoms with Crippen LogP contribution in [0.2, 0.25) is 5.02 Å². The van der Waals surface area contributed by atoms with E-state index in [1.807, 2.05) is 60.7 Å². The first kappa shape index (κ1) is 18.2. The summed E-state index contributed by atoms with van der Waals surface area (Å²) in [5.41, 5.74) is 3.47. The maximum Gasteiger partial charge on any atom is 0.234 e. The van der Waals surface area contributed by atoms with Crippen LogP contribution in [0.3, 0.4) is 0 Å². The number of aromatic nitrogens is 1. The van der Waals surface area contributed by atoms with Crippen molar-refractivity contribution in [2.24, 2.45) is 0 Å². The fourth-order valence-electron chi connectivity index (χ4n) is 3.35. The normalized spacial score (nSPS) is 16.5. The number of amides is 2. The zero-order valence-electron chi connectivity index (χ0n) is 15.0. The van der Waals surface area contributed by atoms with Gasteiger partial charge in [-0.15, -0.1) is 0 Å². The number of hydrogen-bond donors (Lipinski definition) is 2. The molecule has 0 saturated carbocycles. The lowest BCUT2D eigenvalue weighted by atomic mass is 9.88. The predicted molar refractivity (Wildman–Crippen MR) is 110 cm³/mol. The van der Waals surface area contributed by atoms with Crippen molar-refractivity contribution in [1.82, 2.24) is 10.3 Å². The summed E-state index contributed by atoms with van der Waals surface area (Å²) in [7, 11) is 0. The van der Waals surface area contributed by atoms with Gasteiger partial charge in [-0.05, 0) is 41.8 Å². The second kappa shape index (κ2) is 7.82. The fraction of sp³-hybridized carbons (Fsp3) is 0.136. The number of carbonyl (C=O) groups is 2. The van der Waals surface area contributed by atoms with Crippen LogP contribution in [-0.2, 0) is 9.59 Å². The number of anilines is 2. The first-order valence-electron chi connectivity index (χ1n) is 9.02. The Bertz CT molecular complexity index is 1020. The van der Waals surface area contributed by atoms with Gasteiger partial charge in [-0.1, -0.05) is 48.0 Å². The quantitative estimate of drug-likeness (QED) is 0.634. The molecule has 2 aromatic carbocycles. The minimum atomic E-state index is -0.407. The molecule has 0 bridgehead atoms. The number of rotatable bonds is 4. The van der Waals surface area contributed by atoms with Gasteiger partial charge in [-0.25, -0.2) is 4.98 Å². The van der Waals surface area contributed by atoms with E-state index in [-0.39, 0.29) is 11.8 Å². The van der Waals surface area contributed by atoms with Gasteiger partial charge in [0.1, 0.15) is 5.82 Å². The summed E-state index contributed by atoms with van der Waals surface area (Å²) in [5, 5.41) is 6.18. The van der Waals surface area contributed by atoms with Gasteiger partial charge in [0.05, 0.1) is 10.9 Å². The predicted octanol–water partition coefficient (Wildman–Crippen LogP) is 4.67. The molecule has 1 aliphatic rings. The molecule has 2 N–H and O–H groups in total. The molecular weight excluding hydrogens is 374 g/mol. The van der Waals surface area contributed by atoms with Crippen LogP contribution >= 0.6 is 11.6 Å². The first-order valence-corrected chi connectivity index (χ1v) is 9.40. The highest BCUT2D eigenvalue weighted by Gasteiger charge is 2.30. The third-order valence-corrected chi connectivity index (χ3v) is 5.20. The number of nitrogens with one attached hydrogen (secondary N) is 2. The lowest BCUT2D eigenvalue weighted by Gasteiger charge is -2.23. The topological polar surface area (TPSA) is 71.1 Å². The standard InChI is InChI=1S/C22H18ClN3O2/c23-21-16(4-3-5-17(21)18-11-12-20(27)26-22(18)28)14-7-9-15(10-8-14)25-19-6-1-2-13-24-19/h1-10,13,18H,11-12H2,(H,24,25)(H,26,27,28). The smallest absolute Gasteiger partial charge is 0.234 e. The average Bonchev–Trinajstić information content (AvgIpc) is 2.70. The summed E-state index contributed by atoms with van der Waals surface area (Å²) in [6.45, 7) is 0. The molecule has 1 saturated heterocycles. The van der Waals surface area contributed by atoms with E-state index in [2.05, 4.69) is 15.6 Å². The fourth-order valence-corrected chi connectivity index (χ4v) is 3.72. The van der Waals surface area contributed by atoms with E-state index in [1.165, 1.54) is 0 Å². The van der Waals surface area contributed by atoms with Gasteiger partial charge < -0.3 is 5.32 Å². The van der Waals surface area contributed by atoms with Crippen LogP contribution in [0.15, 0.2) is 66.9 Å². The molecule has 4 rings (SSSR count). The monoisotopic (exact) mass is 391 g/mol.